The van der Waals surface area contributed by atoms with Gasteiger partial charge in [-0.15, -0.1) is 0 Å². The molecule has 1 N–H and O–H groups in total. The van der Waals surface area contributed by atoms with Gasteiger partial charge in [0.25, 0.3) is 0 Å². The predicted molar refractivity (Wildman–Crippen MR) is 98.7 cm³/mol. The first-order valence-electron chi connectivity index (χ1n) is 9.09. The third-order valence-electron chi connectivity index (χ3n) is 5.15. The monoisotopic (exact) mass is 363 g/mol. The zero-order valence-corrected chi connectivity index (χ0v) is 15.5. The third-order valence-corrected chi connectivity index (χ3v) is 5.39. The second-order valence-corrected chi connectivity index (χ2v) is 7.40. The molecule has 25 heavy (non-hydrogen) atoms. The Kier molecular flexibility index (Phi) is 5.64. The molecule has 0 atom stereocenters. The first kappa shape index (κ1) is 18.2. The molecule has 1 aromatic rings. The molecule has 0 spiro atoms. The maximum absolute atomic E-state index is 13.2. The minimum Gasteiger partial charge on any atom is -0.355 e. The van der Waals surface area contributed by atoms with Gasteiger partial charge in [-0.1, -0.05) is 23.7 Å². The molecule has 0 unspecified atom stereocenters. The van der Waals surface area contributed by atoms with Crippen molar-refractivity contribution in [3.63, 3.8) is 0 Å². The number of carbonyl (C=O) groups excluding carboxylic acids is 2. The smallest absolute Gasteiger partial charge is 0.234 e. The first-order chi connectivity index (χ1) is 12.0. The molecule has 1 saturated carbocycles. The van der Waals surface area contributed by atoms with Crippen LogP contribution in [0.15, 0.2) is 24.3 Å². The Morgan fingerprint density at radius 3 is 2.68 bits per heavy atom. The van der Waals surface area contributed by atoms with Crippen LogP contribution in [-0.2, 0) is 15.0 Å². The number of carbonyl (C=O) groups is 2. The Balaban J connectivity index is 1.63. The van der Waals surface area contributed by atoms with Crippen LogP contribution in [0.3, 0.4) is 0 Å². The van der Waals surface area contributed by atoms with E-state index in [1.54, 1.807) is 0 Å². The Hall–Kier alpha value is -1.59. The quantitative estimate of drug-likeness (QED) is 0.871. The molecular weight excluding hydrogens is 338 g/mol. The number of nitrogens with zero attached hydrogens (tertiary/aromatic N) is 2. The van der Waals surface area contributed by atoms with Crippen LogP contribution in [0, 0.1) is 0 Å². The van der Waals surface area contributed by atoms with Crippen molar-refractivity contribution in [2.24, 2.45) is 0 Å². The molecule has 1 saturated heterocycles. The van der Waals surface area contributed by atoms with E-state index in [1.807, 2.05) is 36.1 Å². The fraction of sp³-hybridized carbons (Fsp3) is 0.579. The van der Waals surface area contributed by atoms with Gasteiger partial charge in [0, 0.05) is 37.7 Å². The van der Waals surface area contributed by atoms with Gasteiger partial charge in [0.05, 0.1) is 12.0 Å². The highest BCUT2D eigenvalue weighted by Gasteiger charge is 2.53. The summed E-state index contributed by atoms with van der Waals surface area (Å²) in [6.07, 6.45) is 2.69. The second-order valence-electron chi connectivity index (χ2n) is 6.97. The summed E-state index contributed by atoms with van der Waals surface area (Å²) in [5.74, 6) is 0.273. The molecule has 136 valence electrons. The summed E-state index contributed by atoms with van der Waals surface area (Å²) in [7, 11) is 0. The Bertz CT molecular complexity index is 645. The molecule has 1 aromatic carbocycles. The molecule has 2 fully saturated rings. The maximum atomic E-state index is 13.2. The highest BCUT2D eigenvalue weighted by atomic mass is 35.5. The van der Waals surface area contributed by atoms with E-state index >= 15 is 0 Å². The van der Waals surface area contributed by atoms with E-state index < -0.39 is 0 Å². The second kappa shape index (κ2) is 7.75. The van der Waals surface area contributed by atoms with Crippen LogP contribution < -0.4 is 5.32 Å². The van der Waals surface area contributed by atoms with E-state index in [1.165, 1.54) is 0 Å². The lowest BCUT2D eigenvalue weighted by molar-refractivity contribution is -0.133. The van der Waals surface area contributed by atoms with Gasteiger partial charge in [-0.3, -0.25) is 14.5 Å². The first-order valence-corrected chi connectivity index (χ1v) is 9.47. The van der Waals surface area contributed by atoms with Crippen LogP contribution in [0.1, 0.15) is 31.7 Å². The predicted octanol–water partition coefficient (Wildman–Crippen LogP) is 2.04. The van der Waals surface area contributed by atoms with E-state index in [9.17, 15) is 9.59 Å². The van der Waals surface area contributed by atoms with Gasteiger partial charge >= 0.3 is 0 Å². The number of benzene rings is 1. The number of nitrogens with one attached hydrogen (secondary N) is 1. The summed E-state index contributed by atoms with van der Waals surface area (Å²) < 4.78 is 0. The molecule has 2 aliphatic rings. The Morgan fingerprint density at radius 1 is 1.20 bits per heavy atom. The number of amides is 2. The van der Waals surface area contributed by atoms with Crippen LogP contribution in [0.2, 0.25) is 5.02 Å². The lowest BCUT2D eigenvalue weighted by Crippen LogP contribution is -2.42. The molecule has 5 nitrogen and oxygen atoms in total. The van der Waals surface area contributed by atoms with Crippen molar-refractivity contribution < 1.29 is 9.59 Å². The lowest BCUT2D eigenvalue weighted by atomic mass is 9.94. The van der Waals surface area contributed by atoms with E-state index in [-0.39, 0.29) is 17.2 Å². The van der Waals surface area contributed by atoms with Crippen molar-refractivity contribution >= 4 is 23.4 Å². The highest BCUT2D eigenvalue weighted by molar-refractivity contribution is 6.30. The van der Waals surface area contributed by atoms with Gasteiger partial charge in [-0.05, 0) is 43.9 Å². The average molecular weight is 364 g/mol. The van der Waals surface area contributed by atoms with E-state index in [4.69, 9.17) is 11.6 Å². The number of hydrogen-bond donors (Lipinski definition) is 1. The van der Waals surface area contributed by atoms with Crippen molar-refractivity contribution in [2.75, 3.05) is 39.3 Å². The van der Waals surface area contributed by atoms with Crippen molar-refractivity contribution in [3.8, 4) is 0 Å². The Labute approximate surface area is 154 Å². The highest BCUT2D eigenvalue weighted by Crippen LogP contribution is 2.50. The van der Waals surface area contributed by atoms with Gasteiger partial charge < -0.3 is 10.2 Å². The van der Waals surface area contributed by atoms with Gasteiger partial charge in [0.15, 0.2) is 0 Å². The molecular formula is C19H26ClN3O2. The fourth-order valence-corrected chi connectivity index (χ4v) is 3.82. The number of hydrogen-bond acceptors (Lipinski definition) is 3. The number of rotatable bonds is 5. The topological polar surface area (TPSA) is 52.7 Å². The molecule has 1 aliphatic heterocycles. The van der Waals surface area contributed by atoms with Gasteiger partial charge in [0.1, 0.15) is 0 Å². The lowest BCUT2D eigenvalue weighted by Gasteiger charge is -2.26. The van der Waals surface area contributed by atoms with E-state index in [0.717, 1.165) is 44.5 Å². The molecule has 1 aliphatic carbocycles. The number of halogens is 1. The molecule has 0 bridgehead atoms. The van der Waals surface area contributed by atoms with Crippen molar-refractivity contribution in [1.29, 1.82) is 0 Å². The summed E-state index contributed by atoms with van der Waals surface area (Å²) in [4.78, 5) is 29.1. The van der Waals surface area contributed by atoms with E-state index in [2.05, 4.69) is 10.2 Å². The van der Waals surface area contributed by atoms with Crippen molar-refractivity contribution in [2.45, 2.75) is 31.6 Å². The summed E-state index contributed by atoms with van der Waals surface area (Å²) in [5, 5.41) is 3.52. The van der Waals surface area contributed by atoms with Gasteiger partial charge in [0.2, 0.25) is 11.8 Å². The molecule has 0 radical (unpaired) electrons. The minimum atomic E-state index is -0.375. The standard InChI is InChI=1S/C19H26ClN3O2/c1-2-21-17(24)14-22-9-4-10-23(12-11-22)18(25)19(7-8-19)15-5-3-6-16(20)13-15/h3,5-6,13H,2,4,7-12,14H2,1H3,(H,21,24). The summed E-state index contributed by atoms with van der Waals surface area (Å²) in [6.45, 7) is 6.02. The fourth-order valence-electron chi connectivity index (χ4n) is 3.63. The SMILES string of the molecule is CCNC(=O)CN1CCCN(C(=O)C2(c3cccc(Cl)c3)CC2)CC1. The van der Waals surface area contributed by atoms with Gasteiger partial charge in [-0.25, -0.2) is 0 Å². The molecule has 2 amide bonds. The minimum absolute atomic E-state index is 0.0554. The van der Waals surface area contributed by atoms with Crippen LogP contribution >= 0.6 is 11.6 Å². The molecule has 1 heterocycles. The average Bonchev–Trinajstić information content (AvgIpc) is 3.40. The maximum Gasteiger partial charge on any atom is 0.234 e. The van der Waals surface area contributed by atoms with Crippen LogP contribution in [0.25, 0.3) is 0 Å². The van der Waals surface area contributed by atoms with Crippen molar-refractivity contribution in [1.82, 2.24) is 15.1 Å². The Morgan fingerprint density at radius 2 is 2.00 bits per heavy atom. The zero-order valence-electron chi connectivity index (χ0n) is 14.8. The number of likely N-dealkylation sites (N-methyl/N-ethyl adjacent to an activating group) is 1. The summed E-state index contributed by atoms with van der Waals surface area (Å²) in [5.41, 5.74) is 0.660. The largest absolute Gasteiger partial charge is 0.355 e. The summed E-state index contributed by atoms with van der Waals surface area (Å²) in [6, 6.07) is 7.69. The normalized spacial score (nSPS) is 20.0. The summed E-state index contributed by atoms with van der Waals surface area (Å²) >= 11 is 6.12. The van der Waals surface area contributed by atoms with Crippen LogP contribution in [0.5, 0.6) is 0 Å². The molecule has 6 heteroatoms. The molecule has 0 aromatic heterocycles. The zero-order chi connectivity index (χ0) is 17.9. The van der Waals surface area contributed by atoms with Crippen LogP contribution in [-0.4, -0.2) is 60.9 Å². The molecule has 3 rings (SSSR count). The van der Waals surface area contributed by atoms with Gasteiger partial charge in [-0.2, -0.15) is 0 Å². The van der Waals surface area contributed by atoms with Crippen LogP contribution in [0.4, 0.5) is 0 Å². The third kappa shape index (κ3) is 4.15. The van der Waals surface area contributed by atoms with E-state index in [0.29, 0.717) is 24.7 Å². The van der Waals surface area contributed by atoms with Crippen molar-refractivity contribution in [3.05, 3.63) is 34.9 Å².